The summed E-state index contributed by atoms with van der Waals surface area (Å²) >= 11 is 4.80. The molecule has 13 heavy (non-hydrogen) atoms. The summed E-state index contributed by atoms with van der Waals surface area (Å²) in [6, 6.07) is 4.15. The number of thiophene rings is 1. The minimum atomic E-state index is 0.0602. The Hall–Kier alpha value is -0.350. The molecule has 2 nitrogen and oxygen atoms in total. The maximum atomic E-state index is 11.5. The van der Waals surface area contributed by atoms with Gasteiger partial charge in [-0.15, -0.1) is 11.3 Å². The van der Waals surface area contributed by atoms with E-state index in [0.29, 0.717) is 12.0 Å². The van der Waals surface area contributed by atoms with Crippen LogP contribution in [0.4, 0.5) is 0 Å². The minimum Gasteiger partial charge on any atom is -0.348 e. The summed E-state index contributed by atoms with van der Waals surface area (Å²) in [7, 11) is 0. The Balaban J connectivity index is 1.97. The summed E-state index contributed by atoms with van der Waals surface area (Å²) < 4.78 is 1.00. The Labute approximate surface area is 89.5 Å². The first-order valence-corrected chi connectivity index (χ1v) is 5.84. The molecular formula is C9H10BrNOS. The molecule has 0 aromatic carbocycles. The molecule has 1 N–H and O–H groups in total. The fraction of sp³-hybridized carbons (Fsp3) is 0.444. The Morgan fingerprint density at radius 3 is 2.85 bits per heavy atom. The lowest BCUT2D eigenvalue weighted by Gasteiger charge is -1.99. The van der Waals surface area contributed by atoms with Gasteiger partial charge in [0.25, 0.3) is 5.91 Å². The first-order valence-electron chi connectivity index (χ1n) is 4.23. The van der Waals surface area contributed by atoms with Gasteiger partial charge in [0.15, 0.2) is 0 Å². The maximum Gasteiger partial charge on any atom is 0.261 e. The molecule has 1 fully saturated rings. The van der Waals surface area contributed by atoms with Gasteiger partial charge in [0.2, 0.25) is 0 Å². The summed E-state index contributed by atoms with van der Waals surface area (Å²) in [5, 5.41) is 2.98. The monoisotopic (exact) mass is 259 g/mol. The zero-order valence-electron chi connectivity index (χ0n) is 7.21. The van der Waals surface area contributed by atoms with E-state index >= 15 is 0 Å². The van der Waals surface area contributed by atoms with Crippen LogP contribution in [0, 0.1) is 5.92 Å². The second kappa shape index (κ2) is 3.42. The maximum absolute atomic E-state index is 11.5. The number of rotatable bonds is 2. The van der Waals surface area contributed by atoms with Gasteiger partial charge in [0.05, 0.1) is 8.66 Å². The fourth-order valence-electron chi connectivity index (χ4n) is 1.20. The molecule has 0 saturated heterocycles. The average molecular weight is 260 g/mol. The second-order valence-electron chi connectivity index (χ2n) is 3.40. The number of amides is 1. The molecule has 1 aliphatic carbocycles. The molecule has 0 radical (unpaired) electrons. The molecule has 1 saturated carbocycles. The standard InChI is InChI=1S/C9H10BrNOS/c1-5-4-6(5)11-9(12)7-2-3-8(10)13-7/h2-3,5-6H,4H2,1H3,(H,11,12). The van der Waals surface area contributed by atoms with Crippen LogP contribution in [0.2, 0.25) is 0 Å². The summed E-state index contributed by atoms with van der Waals surface area (Å²) in [4.78, 5) is 12.3. The topological polar surface area (TPSA) is 29.1 Å². The molecule has 1 aliphatic rings. The molecule has 2 atom stereocenters. The molecule has 70 valence electrons. The minimum absolute atomic E-state index is 0.0602. The molecule has 1 heterocycles. The molecule has 2 unspecified atom stereocenters. The van der Waals surface area contributed by atoms with Crippen LogP contribution in [-0.2, 0) is 0 Å². The van der Waals surface area contributed by atoms with Crippen LogP contribution in [0.3, 0.4) is 0 Å². The molecule has 0 aliphatic heterocycles. The second-order valence-corrected chi connectivity index (χ2v) is 5.86. The molecule has 4 heteroatoms. The highest BCUT2D eigenvalue weighted by Crippen LogP contribution is 2.30. The van der Waals surface area contributed by atoms with Gasteiger partial charge in [0.1, 0.15) is 0 Å². The SMILES string of the molecule is CC1CC1NC(=O)c1ccc(Br)s1. The van der Waals surface area contributed by atoms with Gasteiger partial charge in [-0.3, -0.25) is 4.79 Å². The van der Waals surface area contributed by atoms with Crippen molar-refractivity contribution >= 4 is 33.2 Å². The van der Waals surface area contributed by atoms with E-state index in [2.05, 4.69) is 28.2 Å². The fourth-order valence-corrected chi connectivity index (χ4v) is 2.49. The van der Waals surface area contributed by atoms with Crippen molar-refractivity contribution < 1.29 is 4.79 Å². The predicted molar refractivity (Wildman–Crippen MR) is 57.1 cm³/mol. The van der Waals surface area contributed by atoms with Crippen LogP contribution < -0.4 is 5.32 Å². The van der Waals surface area contributed by atoms with E-state index in [0.717, 1.165) is 15.1 Å². The van der Waals surface area contributed by atoms with Crippen LogP contribution >= 0.6 is 27.3 Å². The van der Waals surface area contributed by atoms with Crippen molar-refractivity contribution in [3.8, 4) is 0 Å². The Kier molecular flexibility index (Phi) is 2.43. The molecular weight excluding hydrogens is 250 g/mol. The van der Waals surface area contributed by atoms with Gasteiger partial charge in [-0.05, 0) is 40.4 Å². The number of nitrogens with one attached hydrogen (secondary N) is 1. The highest BCUT2D eigenvalue weighted by molar-refractivity contribution is 9.11. The van der Waals surface area contributed by atoms with Crippen molar-refractivity contribution in [3.05, 3.63) is 20.8 Å². The summed E-state index contributed by atoms with van der Waals surface area (Å²) in [6.45, 7) is 2.15. The zero-order valence-corrected chi connectivity index (χ0v) is 9.61. The van der Waals surface area contributed by atoms with Crippen molar-refractivity contribution in [2.24, 2.45) is 5.92 Å². The molecule has 0 spiro atoms. The third-order valence-corrected chi connectivity index (χ3v) is 3.85. The van der Waals surface area contributed by atoms with Crippen molar-refractivity contribution in [2.75, 3.05) is 0 Å². The Morgan fingerprint density at radius 2 is 2.38 bits per heavy atom. The number of carbonyl (C=O) groups is 1. The van der Waals surface area contributed by atoms with E-state index in [4.69, 9.17) is 0 Å². The Morgan fingerprint density at radius 1 is 1.69 bits per heavy atom. The average Bonchev–Trinajstić information content (AvgIpc) is 2.62. The van der Waals surface area contributed by atoms with Crippen LogP contribution in [0.1, 0.15) is 23.0 Å². The van der Waals surface area contributed by atoms with E-state index in [-0.39, 0.29) is 5.91 Å². The van der Waals surface area contributed by atoms with Gasteiger partial charge in [0, 0.05) is 6.04 Å². The van der Waals surface area contributed by atoms with Crippen LogP contribution in [0.5, 0.6) is 0 Å². The van der Waals surface area contributed by atoms with Crippen LogP contribution in [0.25, 0.3) is 0 Å². The largest absolute Gasteiger partial charge is 0.348 e. The summed E-state index contributed by atoms with van der Waals surface area (Å²) in [6.07, 6.45) is 1.12. The quantitative estimate of drug-likeness (QED) is 0.870. The molecule has 0 bridgehead atoms. The first kappa shape index (κ1) is 9.21. The van der Waals surface area contributed by atoms with Crippen LogP contribution in [-0.4, -0.2) is 11.9 Å². The lowest BCUT2D eigenvalue weighted by Crippen LogP contribution is -2.25. The summed E-state index contributed by atoms with van der Waals surface area (Å²) in [5.74, 6) is 0.720. The predicted octanol–water partition coefficient (Wildman–Crippen LogP) is 2.65. The van der Waals surface area contributed by atoms with Crippen molar-refractivity contribution in [3.63, 3.8) is 0 Å². The van der Waals surface area contributed by atoms with Crippen molar-refractivity contribution in [1.29, 1.82) is 0 Å². The number of hydrogen-bond donors (Lipinski definition) is 1. The normalized spacial score (nSPS) is 25.7. The van der Waals surface area contributed by atoms with Gasteiger partial charge >= 0.3 is 0 Å². The molecule has 1 aromatic rings. The molecule has 1 aromatic heterocycles. The van der Waals surface area contributed by atoms with Crippen molar-refractivity contribution in [2.45, 2.75) is 19.4 Å². The zero-order chi connectivity index (χ0) is 9.42. The lowest BCUT2D eigenvalue weighted by molar-refractivity contribution is 0.0953. The smallest absolute Gasteiger partial charge is 0.261 e. The Bertz CT molecular complexity index is 336. The number of halogens is 1. The number of hydrogen-bond acceptors (Lipinski definition) is 2. The molecule has 2 rings (SSSR count). The number of carbonyl (C=O) groups excluding carboxylic acids is 1. The third-order valence-electron chi connectivity index (χ3n) is 2.22. The first-order chi connectivity index (χ1) is 6.16. The van der Waals surface area contributed by atoms with Crippen LogP contribution in [0.15, 0.2) is 15.9 Å². The summed E-state index contributed by atoms with van der Waals surface area (Å²) in [5.41, 5.74) is 0. The third kappa shape index (κ3) is 2.11. The molecule has 1 amide bonds. The van der Waals surface area contributed by atoms with Gasteiger partial charge in [-0.25, -0.2) is 0 Å². The highest BCUT2D eigenvalue weighted by atomic mass is 79.9. The van der Waals surface area contributed by atoms with E-state index in [9.17, 15) is 4.79 Å². The van der Waals surface area contributed by atoms with E-state index < -0.39 is 0 Å². The lowest BCUT2D eigenvalue weighted by atomic mass is 10.4. The van der Waals surface area contributed by atoms with E-state index in [1.165, 1.54) is 11.3 Å². The van der Waals surface area contributed by atoms with Gasteiger partial charge in [-0.1, -0.05) is 6.92 Å². The van der Waals surface area contributed by atoms with Crippen molar-refractivity contribution in [1.82, 2.24) is 5.32 Å². The van der Waals surface area contributed by atoms with Gasteiger partial charge in [-0.2, -0.15) is 0 Å². The van der Waals surface area contributed by atoms with Gasteiger partial charge < -0.3 is 5.32 Å². The van der Waals surface area contributed by atoms with E-state index in [1.807, 2.05) is 12.1 Å². The highest BCUT2D eigenvalue weighted by Gasteiger charge is 2.34. The van der Waals surface area contributed by atoms with E-state index in [1.54, 1.807) is 0 Å².